The van der Waals surface area contributed by atoms with Gasteiger partial charge in [0.05, 0.1) is 17.5 Å². The number of hydrogen-bond acceptors (Lipinski definition) is 4. The van der Waals surface area contributed by atoms with E-state index >= 15 is 0 Å². The average molecular weight is 402 g/mol. The molecule has 1 aromatic carbocycles. The maximum absolute atomic E-state index is 13.0. The second-order valence-corrected chi connectivity index (χ2v) is 7.43. The lowest BCUT2D eigenvalue weighted by atomic mass is 10.0. The Bertz CT molecular complexity index is 1180. The normalized spacial score (nSPS) is 11.7. The molecule has 29 heavy (non-hydrogen) atoms. The van der Waals surface area contributed by atoms with Gasteiger partial charge >= 0.3 is 0 Å². The lowest BCUT2D eigenvalue weighted by Crippen LogP contribution is -2.30. The molecule has 0 aliphatic heterocycles. The summed E-state index contributed by atoms with van der Waals surface area (Å²) >= 11 is 1.41. The Hall–Kier alpha value is -3.61. The number of hydrogen-bond donors (Lipinski definition) is 2. The minimum Gasteiger partial charge on any atom is -0.346 e. The van der Waals surface area contributed by atoms with Gasteiger partial charge in [0.2, 0.25) is 0 Å². The molecular formula is C21H18N6OS. The van der Waals surface area contributed by atoms with Crippen molar-refractivity contribution in [2.45, 2.75) is 12.5 Å². The number of fused-ring (bicyclic) bond motifs is 1. The summed E-state index contributed by atoms with van der Waals surface area (Å²) in [5.74, 6) is -0.170. The highest BCUT2D eigenvalue weighted by Gasteiger charge is 2.19. The number of aromatic amines is 1. The number of benzene rings is 1. The van der Waals surface area contributed by atoms with Gasteiger partial charge in [-0.3, -0.25) is 4.79 Å². The second kappa shape index (κ2) is 8.60. The molecule has 7 nitrogen and oxygen atoms in total. The van der Waals surface area contributed by atoms with E-state index in [0.29, 0.717) is 11.3 Å². The van der Waals surface area contributed by atoms with Crippen LogP contribution in [-0.4, -0.2) is 22.4 Å². The van der Waals surface area contributed by atoms with Crippen molar-refractivity contribution in [1.82, 2.24) is 15.3 Å². The van der Waals surface area contributed by atoms with E-state index in [0.717, 1.165) is 27.7 Å². The number of aromatic nitrogens is 2. The summed E-state index contributed by atoms with van der Waals surface area (Å²) in [4.78, 5) is 24.0. The number of carbonyl (C=O) groups excluding carboxylic acids is 1. The predicted molar refractivity (Wildman–Crippen MR) is 114 cm³/mol. The van der Waals surface area contributed by atoms with Crippen molar-refractivity contribution in [3.63, 3.8) is 0 Å². The molecule has 0 bridgehead atoms. The summed E-state index contributed by atoms with van der Waals surface area (Å²) in [5, 5.41) is 9.65. The van der Waals surface area contributed by atoms with E-state index < -0.39 is 0 Å². The fourth-order valence-electron chi connectivity index (χ4n) is 3.31. The summed E-state index contributed by atoms with van der Waals surface area (Å²) in [6.45, 7) is 0.154. The molecule has 1 atom stereocenters. The third kappa shape index (κ3) is 4.13. The first-order valence-corrected chi connectivity index (χ1v) is 9.98. The Balaban J connectivity index is 1.57. The summed E-state index contributed by atoms with van der Waals surface area (Å²) in [6, 6.07) is 15.1. The molecule has 4 aromatic rings. The van der Waals surface area contributed by atoms with Gasteiger partial charge in [-0.2, -0.15) is 0 Å². The van der Waals surface area contributed by atoms with Gasteiger partial charge in [0.25, 0.3) is 5.91 Å². The fraction of sp³-hybridized carbons (Fsp3) is 0.143. The number of nitrogens with zero attached hydrogens (tertiary/aromatic N) is 4. The average Bonchev–Trinajstić information content (AvgIpc) is 3.41. The standard InChI is InChI=1S/C21H18N6OS/c22-27-25-13-18(14-4-2-1-3-5-14)26-21(28)19-16(8-11-29-19)12-15-6-9-23-20-17(15)7-10-24-20/h1-11,18H,12-13H2,(H,23,24)(H,26,28). The minimum absolute atomic E-state index is 0.154. The van der Waals surface area contributed by atoms with E-state index in [1.165, 1.54) is 11.3 Å². The summed E-state index contributed by atoms with van der Waals surface area (Å²) < 4.78 is 0. The number of carbonyl (C=O) groups is 1. The number of rotatable bonds is 7. The van der Waals surface area contributed by atoms with Crippen LogP contribution in [0.15, 0.2) is 71.4 Å². The first-order valence-electron chi connectivity index (χ1n) is 9.10. The molecule has 3 heterocycles. The maximum atomic E-state index is 13.0. The first kappa shape index (κ1) is 18.7. The van der Waals surface area contributed by atoms with Crippen LogP contribution in [0.4, 0.5) is 0 Å². The number of nitrogens with one attached hydrogen (secondary N) is 2. The van der Waals surface area contributed by atoms with Crippen molar-refractivity contribution >= 4 is 28.3 Å². The number of amides is 1. The van der Waals surface area contributed by atoms with Gasteiger partial charge in [0, 0.05) is 22.7 Å². The van der Waals surface area contributed by atoms with E-state index in [-0.39, 0.29) is 18.5 Å². The van der Waals surface area contributed by atoms with Crippen LogP contribution in [0, 0.1) is 0 Å². The lowest BCUT2D eigenvalue weighted by Gasteiger charge is -2.17. The van der Waals surface area contributed by atoms with Crippen molar-refractivity contribution in [2.24, 2.45) is 5.11 Å². The first-order chi connectivity index (χ1) is 14.3. The molecule has 2 N–H and O–H groups in total. The zero-order chi connectivity index (χ0) is 20.1. The number of thiophene rings is 1. The Morgan fingerprint density at radius 2 is 2.07 bits per heavy atom. The zero-order valence-corrected chi connectivity index (χ0v) is 16.3. The number of H-pyrrole nitrogens is 1. The van der Waals surface area contributed by atoms with E-state index in [9.17, 15) is 4.79 Å². The van der Waals surface area contributed by atoms with Gasteiger partial charge in [-0.05, 0) is 52.2 Å². The minimum atomic E-state index is -0.383. The van der Waals surface area contributed by atoms with Crippen molar-refractivity contribution in [2.75, 3.05) is 6.54 Å². The Kier molecular flexibility index (Phi) is 5.56. The lowest BCUT2D eigenvalue weighted by molar-refractivity contribution is 0.0941. The van der Waals surface area contributed by atoms with Crippen LogP contribution in [-0.2, 0) is 6.42 Å². The highest BCUT2D eigenvalue weighted by atomic mass is 32.1. The summed E-state index contributed by atoms with van der Waals surface area (Å²) in [5.41, 5.74) is 12.5. The van der Waals surface area contributed by atoms with Crippen LogP contribution in [0.2, 0.25) is 0 Å². The summed E-state index contributed by atoms with van der Waals surface area (Å²) in [7, 11) is 0. The summed E-state index contributed by atoms with van der Waals surface area (Å²) in [6.07, 6.45) is 4.27. The molecule has 0 aliphatic carbocycles. The third-order valence-corrected chi connectivity index (χ3v) is 5.67. The molecule has 0 fully saturated rings. The van der Waals surface area contributed by atoms with Gasteiger partial charge in [-0.15, -0.1) is 11.3 Å². The van der Waals surface area contributed by atoms with Gasteiger partial charge < -0.3 is 10.3 Å². The molecule has 0 spiro atoms. The Labute approximate surface area is 171 Å². The van der Waals surface area contributed by atoms with Crippen molar-refractivity contribution in [3.8, 4) is 0 Å². The topological polar surface area (TPSA) is 107 Å². The molecule has 4 rings (SSSR count). The van der Waals surface area contributed by atoms with Gasteiger partial charge in [-0.1, -0.05) is 35.4 Å². The van der Waals surface area contributed by atoms with E-state index in [1.54, 1.807) is 6.20 Å². The number of pyridine rings is 1. The van der Waals surface area contributed by atoms with Crippen molar-refractivity contribution in [1.29, 1.82) is 0 Å². The molecular weight excluding hydrogens is 384 g/mol. The van der Waals surface area contributed by atoms with E-state index in [4.69, 9.17) is 5.53 Å². The quantitative estimate of drug-likeness (QED) is 0.258. The SMILES string of the molecule is [N-]=[N+]=NCC(NC(=O)c1sccc1Cc1ccnc2[nH]ccc12)c1ccccc1. The highest BCUT2D eigenvalue weighted by molar-refractivity contribution is 7.12. The monoisotopic (exact) mass is 402 g/mol. The Morgan fingerprint density at radius 1 is 1.21 bits per heavy atom. The largest absolute Gasteiger partial charge is 0.346 e. The zero-order valence-electron chi connectivity index (χ0n) is 15.4. The van der Waals surface area contributed by atoms with Crippen molar-refractivity contribution in [3.05, 3.63) is 98.3 Å². The van der Waals surface area contributed by atoms with Crippen LogP contribution in [0.3, 0.4) is 0 Å². The smallest absolute Gasteiger partial charge is 0.262 e. The molecule has 1 amide bonds. The van der Waals surface area contributed by atoms with E-state index in [1.807, 2.05) is 60.1 Å². The number of azide groups is 1. The van der Waals surface area contributed by atoms with Crippen LogP contribution < -0.4 is 5.32 Å². The molecule has 8 heteroatoms. The molecule has 0 saturated carbocycles. The molecule has 0 saturated heterocycles. The molecule has 3 aromatic heterocycles. The fourth-order valence-corrected chi connectivity index (χ4v) is 4.14. The van der Waals surface area contributed by atoms with E-state index in [2.05, 4.69) is 25.3 Å². The van der Waals surface area contributed by atoms with Crippen LogP contribution in [0.1, 0.15) is 32.4 Å². The molecule has 144 valence electrons. The van der Waals surface area contributed by atoms with Gasteiger partial charge in [-0.25, -0.2) is 4.98 Å². The molecule has 0 radical (unpaired) electrons. The molecule has 1 unspecified atom stereocenters. The highest BCUT2D eigenvalue weighted by Crippen LogP contribution is 2.25. The van der Waals surface area contributed by atoms with Crippen molar-refractivity contribution < 1.29 is 4.79 Å². The van der Waals surface area contributed by atoms with Gasteiger partial charge in [0.1, 0.15) is 5.65 Å². The maximum Gasteiger partial charge on any atom is 0.262 e. The van der Waals surface area contributed by atoms with Crippen LogP contribution in [0.25, 0.3) is 21.5 Å². The Morgan fingerprint density at radius 3 is 2.90 bits per heavy atom. The van der Waals surface area contributed by atoms with Gasteiger partial charge in [0.15, 0.2) is 0 Å². The predicted octanol–water partition coefficient (Wildman–Crippen LogP) is 5.00. The second-order valence-electron chi connectivity index (χ2n) is 6.51. The third-order valence-electron chi connectivity index (χ3n) is 4.72. The van der Waals surface area contributed by atoms with Crippen LogP contribution >= 0.6 is 11.3 Å². The molecule has 0 aliphatic rings. The van der Waals surface area contributed by atoms with Crippen LogP contribution in [0.5, 0.6) is 0 Å².